The Labute approximate surface area is 138 Å². The maximum Gasteiger partial charge on any atom is 0.317 e. The lowest BCUT2D eigenvalue weighted by atomic mass is 9.82. The van der Waals surface area contributed by atoms with E-state index in [1.54, 1.807) is 4.90 Å². The highest BCUT2D eigenvalue weighted by molar-refractivity contribution is 7.88. The molecule has 2 aliphatic carbocycles. The number of rotatable bonds is 5. The van der Waals surface area contributed by atoms with Crippen LogP contribution in [0.15, 0.2) is 0 Å². The standard InChI is InChI=1S/C15H27N3O4S/c1-18(10-15-5-3-4-13(15)22-7-6-15)14(19)16-11-8-12(9-11)17-23(2,20)21/h11-13,17H,3-10H2,1-2H3,(H,16,19)/t11?,12?,13-,15-/m1/s1. The van der Waals surface area contributed by atoms with Gasteiger partial charge in [0.2, 0.25) is 10.0 Å². The van der Waals surface area contributed by atoms with E-state index >= 15 is 0 Å². The van der Waals surface area contributed by atoms with Crippen molar-refractivity contribution in [2.24, 2.45) is 5.41 Å². The molecule has 1 aliphatic heterocycles. The highest BCUT2D eigenvalue weighted by Gasteiger charge is 2.48. The predicted octanol–water partition coefficient (Wildman–Crippen LogP) is 0.667. The minimum atomic E-state index is -3.17. The molecule has 2 amide bonds. The summed E-state index contributed by atoms with van der Waals surface area (Å²) < 4.78 is 30.7. The van der Waals surface area contributed by atoms with Gasteiger partial charge in [-0.3, -0.25) is 0 Å². The van der Waals surface area contributed by atoms with Crippen LogP contribution in [0.4, 0.5) is 4.79 Å². The molecule has 23 heavy (non-hydrogen) atoms. The second kappa shape index (κ2) is 6.22. The Morgan fingerprint density at radius 2 is 2.04 bits per heavy atom. The maximum atomic E-state index is 12.3. The molecule has 0 aromatic heterocycles. The molecule has 0 unspecified atom stereocenters. The number of urea groups is 1. The lowest BCUT2D eigenvalue weighted by Crippen LogP contribution is -2.56. The first-order valence-electron chi connectivity index (χ1n) is 8.38. The maximum absolute atomic E-state index is 12.3. The second-order valence-corrected chi connectivity index (χ2v) is 9.20. The quantitative estimate of drug-likeness (QED) is 0.766. The predicted molar refractivity (Wildman–Crippen MR) is 86.6 cm³/mol. The van der Waals surface area contributed by atoms with Crippen molar-refractivity contribution in [3.05, 3.63) is 0 Å². The third-order valence-electron chi connectivity index (χ3n) is 5.49. The topological polar surface area (TPSA) is 87.7 Å². The van der Waals surface area contributed by atoms with Crippen molar-refractivity contribution >= 4 is 16.1 Å². The van der Waals surface area contributed by atoms with Crippen LogP contribution in [-0.4, -0.2) is 64.0 Å². The number of nitrogens with one attached hydrogen (secondary N) is 2. The summed E-state index contributed by atoms with van der Waals surface area (Å²) in [7, 11) is -1.33. The number of carbonyl (C=O) groups is 1. The molecule has 1 heterocycles. The highest BCUT2D eigenvalue weighted by Crippen LogP contribution is 2.47. The van der Waals surface area contributed by atoms with Gasteiger partial charge in [0.25, 0.3) is 0 Å². The number of sulfonamides is 1. The van der Waals surface area contributed by atoms with E-state index < -0.39 is 10.0 Å². The van der Waals surface area contributed by atoms with Gasteiger partial charge in [-0.15, -0.1) is 0 Å². The molecule has 0 aromatic rings. The van der Waals surface area contributed by atoms with Gasteiger partial charge in [0.1, 0.15) is 0 Å². The number of fused-ring (bicyclic) bond motifs is 1. The molecule has 2 saturated carbocycles. The molecule has 7 nitrogen and oxygen atoms in total. The molecule has 3 fully saturated rings. The number of hydrogen-bond donors (Lipinski definition) is 2. The van der Waals surface area contributed by atoms with Crippen LogP contribution in [0.5, 0.6) is 0 Å². The second-order valence-electron chi connectivity index (χ2n) is 7.42. The van der Waals surface area contributed by atoms with E-state index in [0.717, 1.165) is 38.7 Å². The number of nitrogens with zero attached hydrogens (tertiary/aromatic N) is 1. The zero-order valence-electron chi connectivity index (χ0n) is 13.9. The van der Waals surface area contributed by atoms with E-state index in [2.05, 4.69) is 10.0 Å². The third kappa shape index (κ3) is 3.80. The Hall–Kier alpha value is -0.860. The number of amides is 2. The van der Waals surface area contributed by atoms with E-state index in [1.165, 1.54) is 6.42 Å². The average Bonchev–Trinajstić information content (AvgIpc) is 2.93. The van der Waals surface area contributed by atoms with Crippen molar-refractivity contribution in [1.29, 1.82) is 0 Å². The normalized spacial score (nSPS) is 36.3. The Bertz CT molecular complexity index is 549. The molecule has 0 radical (unpaired) electrons. The monoisotopic (exact) mass is 345 g/mol. The average molecular weight is 345 g/mol. The van der Waals surface area contributed by atoms with Crippen molar-refractivity contribution < 1.29 is 17.9 Å². The van der Waals surface area contributed by atoms with Crippen molar-refractivity contribution in [3.63, 3.8) is 0 Å². The van der Waals surface area contributed by atoms with E-state index in [-0.39, 0.29) is 23.5 Å². The Morgan fingerprint density at radius 3 is 2.74 bits per heavy atom. The molecule has 0 spiro atoms. The molecule has 132 valence electrons. The van der Waals surface area contributed by atoms with Gasteiger partial charge in [-0.2, -0.15) is 0 Å². The van der Waals surface area contributed by atoms with Gasteiger partial charge in [0, 0.05) is 37.7 Å². The third-order valence-corrected chi connectivity index (χ3v) is 6.25. The number of hydrogen-bond acceptors (Lipinski definition) is 4. The molecule has 3 rings (SSSR count). The summed E-state index contributed by atoms with van der Waals surface area (Å²) in [6, 6.07) is -0.0673. The van der Waals surface area contributed by atoms with Crippen LogP contribution in [0.2, 0.25) is 0 Å². The summed E-state index contributed by atoms with van der Waals surface area (Å²) in [4.78, 5) is 14.1. The first-order valence-corrected chi connectivity index (χ1v) is 10.3. The minimum absolute atomic E-state index is 0.0540. The van der Waals surface area contributed by atoms with Gasteiger partial charge >= 0.3 is 6.03 Å². The first kappa shape index (κ1) is 17.0. The van der Waals surface area contributed by atoms with E-state index in [9.17, 15) is 13.2 Å². The molecule has 1 saturated heterocycles. The summed E-state index contributed by atoms with van der Waals surface area (Å²) in [6.07, 6.45) is 7.25. The summed E-state index contributed by atoms with van der Waals surface area (Å²) in [6.45, 7) is 1.54. The van der Waals surface area contributed by atoms with Gasteiger partial charge in [-0.25, -0.2) is 17.9 Å². The summed E-state index contributed by atoms with van der Waals surface area (Å²) in [5.41, 5.74) is 0.145. The number of ether oxygens (including phenoxy) is 1. The van der Waals surface area contributed by atoms with Crippen LogP contribution in [0.3, 0.4) is 0 Å². The van der Waals surface area contributed by atoms with Crippen molar-refractivity contribution in [2.75, 3.05) is 26.5 Å². The summed E-state index contributed by atoms with van der Waals surface area (Å²) >= 11 is 0. The zero-order valence-corrected chi connectivity index (χ0v) is 14.7. The summed E-state index contributed by atoms with van der Waals surface area (Å²) in [5, 5.41) is 2.99. The summed E-state index contributed by atoms with van der Waals surface area (Å²) in [5.74, 6) is 0. The van der Waals surface area contributed by atoms with Crippen LogP contribution in [0.1, 0.15) is 38.5 Å². The van der Waals surface area contributed by atoms with Crippen molar-refractivity contribution in [1.82, 2.24) is 14.9 Å². The molecule has 3 aliphatic rings. The molecule has 0 bridgehead atoms. The van der Waals surface area contributed by atoms with Crippen LogP contribution in [0.25, 0.3) is 0 Å². The van der Waals surface area contributed by atoms with Crippen molar-refractivity contribution in [2.45, 2.75) is 56.7 Å². The van der Waals surface area contributed by atoms with Gasteiger partial charge < -0.3 is 15.0 Å². The van der Waals surface area contributed by atoms with Crippen LogP contribution in [-0.2, 0) is 14.8 Å². The van der Waals surface area contributed by atoms with E-state index in [0.29, 0.717) is 18.9 Å². The smallest absolute Gasteiger partial charge is 0.317 e. The van der Waals surface area contributed by atoms with Crippen LogP contribution >= 0.6 is 0 Å². The Morgan fingerprint density at radius 1 is 1.30 bits per heavy atom. The zero-order chi connectivity index (χ0) is 16.7. The molecule has 8 heteroatoms. The fourth-order valence-electron chi connectivity index (χ4n) is 4.28. The van der Waals surface area contributed by atoms with Gasteiger partial charge in [0.05, 0.1) is 12.4 Å². The fraction of sp³-hybridized carbons (Fsp3) is 0.933. The van der Waals surface area contributed by atoms with Crippen LogP contribution < -0.4 is 10.0 Å². The molecule has 2 N–H and O–H groups in total. The van der Waals surface area contributed by atoms with Gasteiger partial charge in [0.15, 0.2) is 0 Å². The van der Waals surface area contributed by atoms with E-state index in [4.69, 9.17) is 4.74 Å². The first-order chi connectivity index (χ1) is 10.8. The largest absolute Gasteiger partial charge is 0.378 e. The Kier molecular flexibility index (Phi) is 4.59. The lowest BCUT2D eigenvalue weighted by Gasteiger charge is -2.38. The van der Waals surface area contributed by atoms with Crippen LogP contribution in [0, 0.1) is 5.41 Å². The molecular weight excluding hydrogens is 318 g/mol. The Balaban J connectivity index is 1.44. The van der Waals surface area contributed by atoms with Crippen molar-refractivity contribution in [3.8, 4) is 0 Å². The lowest BCUT2D eigenvalue weighted by molar-refractivity contribution is 0.0580. The number of carbonyl (C=O) groups excluding carboxylic acids is 1. The van der Waals surface area contributed by atoms with Gasteiger partial charge in [-0.1, -0.05) is 6.42 Å². The fourth-order valence-corrected chi connectivity index (χ4v) is 5.08. The van der Waals surface area contributed by atoms with Gasteiger partial charge in [-0.05, 0) is 32.1 Å². The molecule has 0 aromatic carbocycles. The molecule has 2 atom stereocenters. The highest BCUT2D eigenvalue weighted by atomic mass is 32.2. The molecular formula is C15H27N3O4S. The minimum Gasteiger partial charge on any atom is -0.378 e. The SMILES string of the molecule is CN(C[C@]12CCC[C@H]1OCC2)C(=O)NC1CC(NS(C)(=O)=O)C1. The van der Waals surface area contributed by atoms with E-state index in [1.807, 2.05) is 7.05 Å².